The Morgan fingerprint density at radius 3 is 2.14 bits per heavy atom. The second-order valence-corrected chi connectivity index (χ2v) is 8.42. The van der Waals surface area contributed by atoms with Gasteiger partial charge in [-0.1, -0.05) is 45.7 Å². The van der Waals surface area contributed by atoms with E-state index in [2.05, 4.69) is 15.5 Å². The van der Waals surface area contributed by atoms with Gasteiger partial charge in [0.2, 0.25) is 0 Å². The zero-order valence-corrected chi connectivity index (χ0v) is 19.3. The van der Waals surface area contributed by atoms with Crippen molar-refractivity contribution in [2.24, 2.45) is 0 Å². The van der Waals surface area contributed by atoms with Gasteiger partial charge in [0, 0.05) is 17.5 Å². The maximum Gasteiger partial charge on any atom is 0.416 e. The monoisotopic (exact) mass is 550 g/mol. The van der Waals surface area contributed by atoms with Gasteiger partial charge in [-0.05, 0) is 35.9 Å². The van der Waals surface area contributed by atoms with Crippen molar-refractivity contribution < 1.29 is 36.0 Å². The minimum Gasteiger partial charge on any atom is -0.390 e. The van der Waals surface area contributed by atoms with Crippen LogP contribution in [0.5, 0.6) is 0 Å². The fourth-order valence-electron chi connectivity index (χ4n) is 3.50. The molecule has 1 N–H and O–H groups in total. The number of halogens is 8. The maximum atomic E-state index is 13.2. The Labute approximate surface area is 209 Å². The van der Waals surface area contributed by atoms with Crippen molar-refractivity contribution in [3.05, 3.63) is 86.3 Å². The molecule has 14 heteroatoms. The molecule has 0 fully saturated rings. The van der Waals surface area contributed by atoms with E-state index in [-0.39, 0.29) is 40.4 Å². The summed E-state index contributed by atoms with van der Waals surface area (Å²) in [6.07, 6.45) is -10.0. The van der Waals surface area contributed by atoms with Crippen molar-refractivity contribution in [3.63, 3.8) is 0 Å². The topological polar surface area (TPSA) is 77.0 Å². The Bertz CT molecular complexity index is 1370. The number of hydrogen-bond acceptors (Lipinski definition) is 5. The first-order chi connectivity index (χ1) is 16.9. The molecule has 36 heavy (non-hydrogen) atoms. The van der Waals surface area contributed by atoms with Gasteiger partial charge in [-0.2, -0.15) is 26.3 Å². The van der Waals surface area contributed by atoms with Gasteiger partial charge in [-0.3, -0.25) is 0 Å². The Morgan fingerprint density at radius 2 is 1.56 bits per heavy atom. The summed E-state index contributed by atoms with van der Waals surface area (Å²) >= 11 is 12.6. The molecule has 0 aliphatic heterocycles. The van der Waals surface area contributed by atoms with Gasteiger partial charge >= 0.3 is 12.4 Å². The van der Waals surface area contributed by atoms with E-state index in [1.165, 1.54) is 0 Å². The molecule has 4 aromatic rings. The second-order valence-electron chi connectivity index (χ2n) is 7.65. The van der Waals surface area contributed by atoms with Gasteiger partial charge in [0.25, 0.3) is 0 Å². The molecule has 2 aromatic carbocycles. The summed E-state index contributed by atoms with van der Waals surface area (Å²) in [5.41, 5.74) is -2.07. The van der Waals surface area contributed by atoms with E-state index < -0.39 is 36.6 Å². The van der Waals surface area contributed by atoms with E-state index >= 15 is 0 Å². The van der Waals surface area contributed by atoms with Crippen molar-refractivity contribution in [3.8, 4) is 11.3 Å². The van der Waals surface area contributed by atoms with Crippen LogP contribution in [-0.4, -0.2) is 25.3 Å². The number of alkyl halides is 6. The highest BCUT2D eigenvalue weighted by Gasteiger charge is 2.37. The molecule has 0 amide bonds. The molecular weight excluding hydrogens is 537 g/mol. The quantitative estimate of drug-likeness (QED) is 0.281. The highest BCUT2D eigenvalue weighted by Crippen LogP contribution is 2.37. The summed E-state index contributed by atoms with van der Waals surface area (Å²) in [5.74, 6) is 0.239. The third-order valence-electron chi connectivity index (χ3n) is 5.20. The van der Waals surface area contributed by atoms with Gasteiger partial charge in [-0.25, -0.2) is 4.68 Å². The summed E-state index contributed by atoms with van der Waals surface area (Å²) < 4.78 is 85.4. The van der Waals surface area contributed by atoms with Gasteiger partial charge in [0.1, 0.15) is 11.4 Å². The van der Waals surface area contributed by atoms with Gasteiger partial charge < -0.3 is 9.63 Å². The molecule has 190 valence electrons. The molecule has 2 aromatic heterocycles. The van der Waals surface area contributed by atoms with Crippen LogP contribution < -0.4 is 0 Å². The molecule has 0 spiro atoms. The van der Waals surface area contributed by atoms with E-state index in [0.29, 0.717) is 28.3 Å². The van der Waals surface area contributed by atoms with E-state index in [0.717, 1.165) is 4.68 Å². The molecule has 0 saturated heterocycles. The van der Waals surface area contributed by atoms with Gasteiger partial charge in [0.15, 0.2) is 10.9 Å². The fourth-order valence-corrected chi connectivity index (χ4v) is 3.92. The Hall–Kier alpha value is -3.09. The fraction of sp³-hybridized carbons (Fsp3) is 0.227. The lowest BCUT2D eigenvalue weighted by molar-refractivity contribution is -0.143. The van der Waals surface area contributed by atoms with Crippen LogP contribution in [0, 0.1) is 0 Å². The average molecular weight is 551 g/mol. The molecule has 6 nitrogen and oxygen atoms in total. The molecule has 0 radical (unpaired) electrons. The zero-order chi connectivity index (χ0) is 26.3. The standard InChI is InChI=1S/C22H14Cl2F6N4O2/c23-16-4-2-1-3-14(16)19-15(18(10-35)32-36-19)8-17-20(24)34(33-31-17)9-11-5-12(21(25,26)27)7-13(6-11)22(28,29)30/h1-7,35H,8-10H2. The van der Waals surface area contributed by atoms with Crippen molar-refractivity contribution in [1.82, 2.24) is 20.2 Å². The third kappa shape index (κ3) is 5.35. The molecule has 0 aliphatic carbocycles. The van der Waals surface area contributed by atoms with Crippen LogP contribution in [-0.2, 0) is 31.9 Å². The number of aliphatic hydroxyl groups excluding tert-OH is 1. The van der Waals surface area contributed by atoms with E-state index in [9.17, 15) is 31.4 Å². The minimum absolute atomic E-state index is 0.0381. The number of aliphatic hydroxyl groups is 1. The molecule has 0 aliphatic rings. The highest BCUT2D eigenvalue weighted by molar-refractivity contribution is 6.33. The van der Waals surface area contributed by atoms with E-state index in [1.807, 2.05) is 0 Å². The molecule has 0 saturated carbocycles. The first-order valence-corrected chi connectivity index (χ1v) is 10.8. The predicted octanol–water partition coefficient (Wildman–Crippen LogP) is 6.41. The average Bonchev–Trinajstić information content (AvgIpc) is 3.36. The van der Waals surface area contributed by atoms with Crippen LogP contribution in [0.25, 0.3) is 11.3 Å². The van der Waals surface area contributed by atoms with E-state index in [1.54, 1.807) is 24.3 Å². The minimum atomic E-state index is -4.99. The number of rotatable bonds is 6. The Kier molecular flexibility index (Phi) is 7.04. The Balaban J connectivity index is 1.68. The summed E-state index contributed by atoms with van der Waals surface area (Å²) in [6.45, 7) is -0.994. The number of aromatic nitrogens is 4. The first kappa shape index (κ1) is 26.0. The molecule has 2 heterocycles. The van der Waals surface area contributed by atoms with Gasteiger partial charge in [-0.15, -0.1) is 5.10 Å². The van der Waals surface area contributed by atoms with Gasteiger partial charge in [0.05, 0.1) is 29.3 Å². The first-order valence-electron chi connectivity index (χ1n) is 10.1. The molecule has 0 unspecified atom stereocenters. The number of benzene rings is 2. The van der Waals surface area contributed by atoms with Crippen molar-refractivity contribution >= 4 is 23.2 Å². The van der Waals surface area contributed by atoms with Crippen LogP contribution in [0.3, 0.4) is 0 Å². The molecule has 0 bridgehead atoms. The van der Waals surface area contributed by atoms with Crippen LogP contribution in [0.1, 0.15) is 33.6 Å². The summed E-state index contributed by atoms with van der Waals surface area (Å²) in [4.78, 5) is 0. The van der Waals surface area contributed by atoms with Crippen LogP contribution in [0.4, 0.5) is 26.3 Å². The second kappa shape index (κ2) is 9.75. The normalized spacial score (nSPS) is 12.4. The maximum absolute atomic E-state index is 13.2. The summed E-state index contributed by atoms with van der Waals surface area (Å²) in [5, 5.41) is 21.4. The molecular formula is C22H14Cl2F6N4O2. The number of hydrogen-bond donors (Lipinski definition) is 1. The SMILES string of the molecule is OCc1noc(-c2ccccc2Cl)c1Cc1nnn(Cc2cc(C(F)(F)F)cc(C(F)(F)F)c2)c1Cl. The van der Waals surface area contributed by atoms with Crippen molar-refractivity contribution in [2.75, 3.05) is 0 Å². The summed E-state index contributed by atoms with van der Waals surface area (Å²) in [6, 6.07) is 7.91. The third-order valence-corrected chi connectivity index (χ3v) is 5.94. The molecule has 4 rings (SSSR count). The lowest BCUT2D eigenvalue weighted by atomic mass is 10.0. The molecule has 0 atom stereocenters. The Morgan fingerprint density at radius 1 is 0.917 bits per heavy atom. The van der Waals surface area contributed by atoms with E-state index in [4.69, 9.17) is 27.7 Å². The van der Waals surface area contributed by atoms with Crippen molar-refractivity contribution in [2.45, 2.75) is 31.9 Å². The lowest BCUT2D eigenvalue weighted by Crippen LogP contribution is -2.13. The lowest BCUT2D eigenvalue weighted by Gasteiger charge is -2.14. The largest absolute Gasteiger partial charge is 0.416 e. The smallest absolute Gasteiger partial charge is 0.390 e. The predicted molar refractivity (Wildman–Crippen MR) is 116 cm³/mol. The van der Waals surface area contributed by atoms with Crippen molar-refractivity contribution in [1.29, 1.82) is 0 Å². The summed E-state index contributed by atoms with van der Waals surface area (Å²) in [7, 11) is 0. The number of nitrogens with zero attached hydrogens (tertiary/aromatic N) is 4. The highest BCUT2D eigenvalue weighted by atomic mass is 35.5. The van der Waals surface area contributed by atoms with Crippen LogP contribution >= 0.6 is 23.2 Å². The van der Waals surface area contributed by atoms with Crippen LogP contribution in [0.15, 0.2) is 47.0 Å². The van der Waals surface area contributed by atoms with Crippen LogP contribution in [0.2, 0.25) is 10.2 Å². The zero-order valence-electron chi connectivity index (χ0n) is 17.8.